The summed E-state index contributed by atoms with van der Waals surface area (Å²) >= 11 is 0. The fourth-order valence-corrected chi connectivity index (χ4v) is 2.06. The minimum atomic E-state index is 0.359. The molecule has 0 saturated carbocycles. The second-order valence-corrected chi connectivity index (χ2v) is 4.60. The maximum atomic E-state index is 5.78. The lowest BCUT2D eigenvalue weighted by Crippen LogP contribution is -2.02. The van der Waals surface area contributed by atoms with Crippen LogP contribution in [0.1, 0.15) is 18.3 Å². The smallest absolute Gasteiger partial charge is 0.175 e. The maximum Gasteiger partial charge on any atom is 0.175 e. The molecule has 0 spiro atoms. The lowest BCUT2D eigenvalue weighted by Gasteiger charge is -2.06. The van der Waals surface area contributed by atoms with Gasteiger partial charge in [0.05, 0.1) is 0 Å². The molecule has 0 amide bonds. The number of nitrogen functional groups attached to an aromatic ring is 1. The predicted molar refractivity (Wildman–Crippen MR) is 77.6 cm³/mol. The Bertz CT molecular complexity index is 736. The van der Waals surface area contributed by atoms with Crippen LogP contribution in [0.4, 0.5) is 5.69 Å². The molecular weight excluding hydrogens is 252 g/mol. The molecule has 2 aromatic heterocycles. The van der Waals surface area contributed by atoms with Crippen LogP contribution in [0.25, 0.3) is 5.65 Å². The Hall–Kier alpha value is -2.56. The normalized spacial score (nSPS) is 10.8. The molecule has 0 atom stereocenters. The van der Waals surface area contributed by atoms with Gasteiger partial charge in [0.15, 0.2) is 11.5 Å². The van der Waals surface area contributed by atoms with Crippen LogP contribution in [0, 0.1) is 0 Å². The SMILES string of the molecule is CCc1cccc(OCc2nnc3ccc(N)cn23)c1. The first kappa shape index (κ1) is 12.5. The van der Waals surface area contributed by atoms with Crippen molar-refractivity contribution in [1.82, 2.24) is 14.6 Å². The number of benzene rings is 1. The van der Waals surface area contributed by atoms with E-state index in [1.54, 1.807) is 12.3 Å². The van der Waals surface area contributed by atoms with Crippen LogP contribution in [0.5, 0.6) is 5.75 Å². The van der Waals surface area contributed by atoms with Gasteiger partial charge in [-0.15, -0.1) is 10.2 Å². The molecule has 0 aliphatic carbocycles. The topological polar surface area (TPSA) is 65.4 Å². The molecule has 0 saturated heterocycles. The zero-order chi connectivity index (χ0) is 13.9. The summed E-state index contributed by atoms with van der Waals surface area (Å²) in [5, 5.41) is 8.21. The summed E-state index contributed by atoms with van der Waals surface area (Å²) in [6, 6.07) is 11.7. The lowest BCUT2D eigenvalue weighted by molar-refractivity contribution is 0.294. The van der Waals surface area contributed by atoms with Crippen molar-refractivity contribution < 1.29 is 4.74 Å². The average Bonchev–Trinajstić information content (AvgIpc) is 2.87. The van der Waals surface area contributed by atoms with Gasteiger partial charge in [0.25, 0.3) is 0 Å². The van der Waals surface area contributed by atoms with Crippen LogP contribution in [-0.2, 0) is 13.0 Å². The Morgan fingerprint density at radius 3 is 2.95 bits per heavy atom. The Labute approximate surface area is 117 Å². The van der Waals surface area contributed by atoms with Gasteiger partial charge >= 0.3 is 0 Å². The number of aromatic nitrogens is 3. The number of nitrogens with two attached hydrogens (primary N) is 1. The van der Waals surface area contributed by atoms with Gasteiger partial charge in [-0.3, -0.25) is 4.40 Å². The summed E-state index contributed by atoms with van der Waals surface area (Å²) < 4.78 is 7.62. The fourth-order valence-electron chi connectivity index (χ4n) is 2.06. The molecule has 0 radical (unpaired) electrons. The van der Waals surface area contributed by atoms with Crippen molar-refractivity contribution in [1.29, 1.82) is 0 Å². The second-order valence-electron chi connectivity index (χ2n) is 4.60. The van der Waals surface area contributed by atoms with E-state index in [9.17, 15) is 0 Å². The molecule has 3 rings (SSSR count). The van der Waals surface area contributed by atoms with Crippen LogP contribution < -0.4 is 10.5 Å². The molecule has 0 aliphatic rings. The number of rotatable bonds is 4. The largest absolute Gasteiger partial charge is 0.486 e. The van der Waals surface area contributed by atoms with Crippen molar-refractivity contribution >= 4 is 11.3 Å². The number of nitrogens with zero attached hydrogens (tertiary/aromatic N) is 3. The summed E-state index contributed by atoms with van der Waals surface area (Å²) in [6.45, 7) is 2.48. The molecule has 2 N–H and O–H groups in total. The highest BCUT2D eigenvalue weighted by Gasteiger charge is 2.06. The maximum absolute atomic E-state index is 5.78. The van der Waals surface area contributed by atoms with Crippen molar-refractivity contribution in [3.8, 4) is 5.75 Å². The van der Waals surface area contributed by atoms with Gasteiger partial charge in [0.2, 0.25) is 0 Å². The Balaban J connectivity index is 1.81. The molecule has 1 aromatic carbocycles. The Kier molecular flexibility index (Phi) is 3.25. The first-order valence-corrected chi connectivity index (χ1v) is 6.57. The predicted octanol–water partition coefficient (Wildman–Crippen LogP) is 2.45. The van der Waals surface area contributed by atoms with E-state index in [-0.39, 0.29) is 0 Å². The van der Waals surface area contributed by atoms with Gasteiger partial charge < -0.3 is 10.5 Å². The van der Waals surface area contributed by atoms with Crippen molar-refractivity contribution in [2.24, 2.45) is 0 Å². The molecule has 0 fully saturated rings. The third-order valence-corrected chi connectivity index (χ3v) is 3.17. The molecule has 2 heterocycles. The monoisotopic (exact) mass is 268 g/mol. The third kappa shape index (κ3) is 2.42. The van der Waals surface area contributed by atoms with E-state index in [4.69, 9.17) is 10.5 Å². The van der Waals surface area contributed by atoms with Crippen LogP contribution in [0.15, 0.2) is 42.6 Å². The highest BCUT2D eigenvalue weighted by molar-refractivity contribution is 5.47. The van der Waals surface area contributed by atoms with Crippen molar-refractivity contribution in [3.63, 3.8) is 0 Å². The molecule has 3 aromatic rings. The van der Waals surface area contributed by atoms with Crippen LogP contribution in [0.3, 0.4) is 0 Å². The molecule has 102 valence electrons. The fraction of sp³-hybridized carbons (Fsp3) is 0.200. The van der Waals surface area contributed by atoms with Crippen LogP contribution in [-0.4, -0.2) is 14.6 Å². The zero-order valence-electron chi connectivity index (χ0n) is 11.3. The van der Waals surface area contributed by atoms with E-state index in [2.05, 4.69) is 23.2 Å². The van der Waals surface area contributed by atoms with Crippen molar-refractivity contribution in [3.05, 3.63) is 54.0 Å². The summed E-state index contributed by atoms with van der Waals surface area (Å²) in [4.78, 5) is 0. The number of ether oxygens (including phenoxy) is 1. The second kappa shape index (κ2) is 5.21. The lowest BCUT2D eigenvalue weighted by atomic mass is 10.2. The molecule has 0 aliphatic heterocycles. The third-order valence-electron chi connectivity index (χ3n) is 3.17. The van der Waals surface area contributed by atoms with Gasteiger partial charge in [-0.05, 0) is 36.2 Å². The van der Waals surface area contributed by atoms with E-state index < -0.39 is 0 Å². The zero-order valence-corrected chi connectivity index (χ0v) is 11.3. The molecule has 0 unspecified atom stereocenters. The van der Waals surface area contributed by atoms with Gasteiger partial charge in [-0.25, -0.2) is 0 Å². The molecule has 5 nitrogen and oxygen atoms in total. The Morgan fingerprint density at radius 1 is 1.20 bits per heavy atom. The number of fused-ring (bicyclic) bond motifs is 1. The van der Waals surface area contributed by atoms with Gasteiger partial charge in [-0.1, -0.05) is 19.1 Å². The first-order chi connectivity index (χ1) is 9.76. The number of aryl methyl sites for hydroxylation is 1. The summed E-state index contributed by atoms with van der Waals surface area (Å²) in [5.74, 6) is 1.57. The van der Waals surface area contributed by atoms with Gasteiger partial charge in [0.1, 0.15) is 12.4 Å². The highest BCUT2D eigenvalue weighted by Crippen LogP contribution is 2.16. The van der Waals surface area contributed by atoms with Crippen molar-refractivity contribution in [2.75, 3.05) is 5.73 Å². The molecule has 20 heavy (non-hydrogen) atoms. The molecule has 0 bridgehead atoms. The van der Waals surface area contributed by atoms with Crippen LogP contribution >= 0.6 is 0 Å². The van der Waals surface area contributed by atoms with Gasteiger partial charge in [-0.2, -0.15) is 0 Å². The van der Waals surface area contributed by atoms with Crippen LogP contribution in [0.2, 0.25) is 0 Å². The first-order valence-electron chi connectivity index (χ1n) is 6.57. The minimum absolute atomic E-state index is 0.359. The van der Waals surface area contributed by atoms with E-state index >= 15 is 0 Å². The average molecular weight is 268 g/mol. The summed E-state index contributed by atoms with van der Waals surface area (Å²) in [7, 11) is 0. The summed E-state index contributed by atoms with van der Waals surface area (Å²) in [6.07, 6.45) is 2.79. The number of anilines is 1. The van der Waals surface area contributed by atoms with E-state index in [0.29, 0.717) is 12.3 Å². The Morgan fingerprint density at radius 2 is 2.10 bits per heavy atom. The quantitative estimate of drug-likeness (QED) is 0.789. The van der Waals surface area contributed by atoms with Gasteiger partial charge in [0, 0.05) is 11.9 Å². The summed E-state index contributed by atoms with van der Waals surface area (Å²) in [5.41, 5.74) is 8.46. The molecule has 5 heteroatoms. The van der Waals surface area contributed by atoms with Crippen molar-refractivity contribution in [2.45, 2.75) is 20.0 Å². The number of hydrogen-bond acceptors (Lipinski definition) is 4. The van der Waals surface area contributed by atoms with E-state index in [1.165, 1.54) is 5.56 Å². The minimum Gasteiger partial charge on any atom is -0.486 e. The highest BCUT2D eigenvalue weighted by atomic mass is 16.5. The van der Waals surface area contributed by atoms with E-state index in [0.717, 1.165) is 23.6 Å². The number of pyridine rings is 1. The molecular formula is C15H16N4O. The standard InChI is InChI=1S/C15H16N4O/c1-2-11-4-3-5-13(8-11)20-10-15-18-17-14-7-6-12(16)9-19(14)15/h3-9H,2,10,16H2,1H3. The van der Waals surface area contributed by atoms with E-state index in [1.807, 2.05) is 28.7 Å². The number of hydrogen-bond donors (Lipinski definition) is 1.